The van der Waals surface area contributed by atoms with Crippen LogP contribution in [0.4, 0.5) is 0 Å². The number of aliphatic carboxylic acids is 1. The molecule has 0 bridgehead atoms. The average Bonchev–Trinajstić information content (AvgIpc) is 1.96. The Balaban J connectivity index is 0.000000310. The molecule has 3 heteroatoms. The molecule has 1 N–H and O–H groups in total. The first-order valence-electron chi connectivity index (χ1n) is 4.03. The second kappa shape index (κ2) is 5.30. The minimum absolute atomic E-state index is 0.833. The lowest BCUT2D eigenvalue weighted by Crippen LogP contribution is -1.85. The molecule has 72 valence electrons. The van der Waals surface area contributed by atoms with E-state index in [1.165, 1.54) is 11.1 Å². The zero-order chi connectivity index (χ0) is 10.4. The molecule has 0 saturated heterocycles. The van der Waals surface area contributed by atoms with Crippen LogP contribution in [-0.4, -0.2) is 16.1 Å². The minimum atomic E-state index is -0.833. The van der Waals surface area contributed by atoms with Crippen molar-refractivity contribution in [2.24, 2.45) is 0 Å². The number of hydrogen-bond acceptors (Lipinski definition) is 2. The summed E-state index contributed by atoms with van der Waals surface area (Å²) >= 11 is 0. The van der Waals surface area contributed by atoms with Crippen LogP contribution in [0.3, 0.4) is 0 Å². The molecule has 0 amide bonds. The summed E-state index contributed by atoms with van der Waals surface area (Å²) in [5.41, 5.74) is 3.63. The van der Waals surface area contributed by atoms with Gasteiger partial charge in [0.1, 0.15) is 0 Å². The molecule has 1 heterocycles. The highest BCUT2D eigenvalue weighted by Gasteiger charge is 1.90. The van der Waals surface area contributed by atoms with Gasteiger partial charge in [0.2, 0.25) is 0 Å². The van der Waals surface area contributed by atoms with Crippen LogP contribution in [0.5, 0.6) is 0 Å². The lowest BCUT2D eigenvalue weighted by molar-refractivity contribution is -0.134. The van der Waals surface area contributed by atoms with Crippen molar-refractivity contribution in [1.82, 2.24) is 4.98 Å². The number of nitrogens with zero attached hydrogens (tertiary/aromatic N) is 1. The van der Waals surface area contributed by atoms with Gasteiger partial charge in [-0.3, -0.25) is 9.78 Å². The highest BCUT2D eigenvalue weighted by atomic mass is 16.4. The van der Waals surface area contributed by atoms with Gasteiger partial charge < -0.3 is 5.11 Å². The summed E-state index contributed by atoms with van der Waals surface area (Å²) < 4.78 is 0. The van der Waals surface area contributed by atoms with E-state index < -0.39 is 5.97 Å². The van der Waals surface area contributed by atoms with Gasteiger partial charge in [-0.1, -0.05) is 6.07 Å². The maximum Gasteiger partial charge on any atom is 0.300 e. The monoisotopic (exact) mass is 181 g/mol. The minimum Gasteiger partial charge on any atom is -0.481 e. The SMILES string of the molecule is CC(=O)O.Cc1cnc(C)c(C)c1. The van der Waals surface area contributed by atoms with Gasteiger partial charge in [0.25, 0.3) is 5.97 Å². The van der Waals surface area contributed by atoms with Gasteiger partial charge >= 0.3 is 0 Å². The molecule has 0 unspecified atom stereocenters. The number of rotatable bonds is 0. The summed E-state index contributed by atoms with van der Waals surface area (Å²) in [5.74, 6) is -0.833. The Morgan fingerprint density at radius 3 is 2.15 bits per heavy atom. The van der Waals surface area contributed by atoms with Crippen molar-refractivity contribution in [3.8, 4) is 0 Å². The van der Waals surface area contributed by atoms with Crippen LogP contribution in [0.15, 0.2) is 12.3 Å². The van der Waals surface area contributed by atoms with Crippen LogP contribution >= 0.6 is 0 Å². The van der Waals surface area contributed by atoms with Crippen LogP contribution in [0.25, 0.3) is 0 Å². The second-order valence-corrected chi connectivity index (χ2v) is 2.93. The maximum atomic E-state index is 9.00. The van der Waals surface area contributed by atoms with Gasteiger partial charge in [0.05, 0.1) is 0 Å². The second-order valence-electron chi connectivity index (χ2n) is 2.93. The molecule has 0 saturated carbocycles. The van der Waals surface area contributed by atoms with Gasteiger partial charge in [0, 0.05) is 18.8 Å². The average molecular weight is 181 g/mol. The van der Waals surface area contributed by atoms with Gasteiger partial charge in [-0.2, -0.15) is 0 Å². The number of aryl methyl sites for hydroxylation is 3. The first-order valence-corrected chi connectivity index (χ1v) is 4.03. The van der Waals surface area contributed by atoms with Crippen molar-refractivity contribution in [2.45, 2.75) is 27.7 Å². The first kappa shape index (κ1) is 11.6. The number of carbonyl (C=O) groups is 1. The number of carboxylic acids is 1. The fraction of sp³-hybridized carbons (Fsp3) is 0.400. The number of hydrogen-bond donors (Lipinski definition) is 1. The maximum absolute atomic E-state index is 9.00. The third-order valence-corrected chi connectivity index (χ3v) is 1.48. The third kappa shape index (κ3) is 5.84. The largest absolute Gasteiger partial charge is 0.481 e. The van der Waals surface area contributed by atoms with E-state index in [4.69, 9.17) is 9.90 Å². The summed E-state index contributed by atoms with van der Waals surface area (Å²) in [6, 6.07) is 2.14. The smallest absolute Gasteiger partial charge is 0.300 e. The van der Waals surface area contributed by atoms with Gasteiger partial charge in [0.15, 0.2) is 0 Å². The summed E-state index contributed by atoms with van der Waals surface area (Å²) in [5, 5.41) is 7.42. The molecule has 0 aromatic carbocycles. The van der Waals surface area contributed by atoms with Crippen LogP contribution in [0, 0.1) is 20.8 Å². The molecule has 0 atom stereocenters. The molecule has 0 aliphatic carbocycles. The molecular weight excluding hydrogens is 166 g/mol. The van der Waals surface area contributed by atoms with E-state index in [2.05, 4.69) is 24.9 Å². The van der Waals surface area contributed by atoms with Crippen molar-refractivity contribution in [3.05, 3.63) is 29.1 Å². The van der Waals surface area contributed by atoms with Crippen molar-refractivity contribution in [1.29, 1.82) is 0 Å². The van der Waals surface area contributed by atoms with E-state index in [0.29, 0.717) is 0 Å². The molecule has 13 heavy (non-hydrogen) atoms. The summed E-state index contributed by atoms with van der Waals surface area (Å²) in [6.07, 6.45) is 1.89. The number of carboxylic acid groups (broad SMARTS) is 1. The Morgan fingerprint density at radius 1 is 1.38 bits per heavy atom. The molecule has 1 rings (SSSR count). The number of pyridine rings is 1. The Hall–Kier alpha value is -1.38. The summed E-state index contributed by atoms with van der Waals surface area (Å²) in [7, 11) is 0. The van der Waals surface area contributed by atoms with E-state index in [9.17, 15) is 0 Å². The summed E-state index contributed by atoms with van der Waals surface area (Å²) in [4.78, 5) is 13.2. The third-order valence-electron chi connectivity index (χ3n) is 1.48. The van der Waals surface area contributed by atoms with E-state index in [1.54, 1.807) is 0 Å². The summed E-state index contributed by atoms with van der Waals surface area (Å²) in [6.45, 7) is 7.24. The van der Waals surface area contributed by atoms with E-state index in [-0.39, 0.29) is 0 Å². The van der Waals surface area contributed by atoms with Crippen molar-refractivity contribution < 1.29 is 9.90 Å². The first-order chi connectivity index (χ1) is 5.93. The van der Waals surface area contributed by atoms with Crippen LogP contribution in [-0.2, 0) is 4.79 Å². The van der Waals surface area contributed by atoms with Gasteiger partial charge in [-0.05, 0) is 31.9 Å². The molecule has 0 aliphatic heterocycles. The van der Waals surface area contributed by atoms with E-state index in [1.807, 2.05) is 13.1 Å². The van der Waals surface area contributed by atoms with E-state index >= 15 is 0 Å². The molecule has 1 aromatic rings. The lowest BCUT2D eigenvalue weighted by atomic mass is 10.2. The molecule has 0 spiro atoms. The predicted molar refractivity (Wildman–Crippen MR) is 51.8 cm³/mol. The molecule has 3 nitrogen and oxygen atoms in total. The van der Waals surface area contributed by atoms with Crippen molar-refractivity contribution in [2.75, 3.05) is 0 Å². The molecule has 0 aliphatic rings. The molecule has 0 fully saturated rings. The van der Waals surface area contributed by atoms with Crippen LogP contribution < -0.4 is 0 Å². The Bertz CT molecular complexity index is 291. The highest BCUT2D eigenvalue weighted by Crippen LogP contribution is 2.03. The fourth-order valence-corrected chi connectivity index (χ4v) is 0.784. The Morgan fingerprint density at radius 2 is 1.85 bits per heavy atom. The molecule has 1 aromatic heterocycles. The quantitative estimate of drug-likeness (QED) is 0.666. The number of aromatic nitrogens is 1. The molecule has 0 radical (unpaired) electrons. The topological polar surface area (TPSA) is 50.2 Å². The standard InChI is InChI=1S/C8H11N.C2H4O2/c1-6-4-7(2)8(3)9-5-6;1-2(3)4/h4-5H,1-3H3;1H3,(H,3,4). The Labute approximate surface area is 78.4 Å². The Kier molecular flexibility index (Phi) is 4.74. The zero-order valence-electron chi connectivity index (χ0n) is 8.46. The van der Waals surface area contributed by atoms with Crippen molar-refractivity contribution in [3.63, 3.8) is 0 Å². The predicted octanol–water partition coefficient (Wildman–Crippen LogP) is 2.10. The van der Waals surface area contributed by atoms with Crippen LogP contribution in [0.2, 0.25) is 0 Å². The normalized spacial score (nSPS) is 8.62. The van der Waals surface area contributed by atoms with Crippen molar-refractivity contribution >= 4 is 5.97 Å². The lowest BCUT2D eigenvalue weighted by Gasteiger charge is -1.97. The zero-order valence-corrected chi connectivity index (χ0v) is 8.46. The van der Waals surface area contributed by atoms with Gasteiger partial charge in [-0.15, -0.1) is 0 Å². The van der Waals surface area contributed by atoms with Crippen LogP contribution in [0.1, 0.15) is 23.7 Å². The highest BCUT2D eigenvalue weighted by molar-refractivity contribution is 5.62. The van der Waals surface area contributed by atoms with Gasteiger partial charge in [-0.25, -0.2) is 0 Å². The molecular formula is C10H15NO2. The van der Waals surface area contributed by atoms with E-state index in [0.717, 1.165) is 12.6 Å². The fourth-order valence-electron chi connectivity index (χ4n) is 0.784.